The lowest BCUT2D eigenvalue weighted by Crippen LogP contribution is -2.39. The number of rotatable bonds is 8. The monoisotopic (exact) mass is 297 g/mol. The van der Waals surface area contributed by atoms with Gasteiger partial charge in [0.2, 0.25) is 0 Å². The van der Waals surface area contributed by atoms with Gasteiger partial charge in [0.25, 0.3) is 0 Å². The Labute approximate surface area is 125 Å². The Morgan fingerprint density at radius 3 is 2.76 bits per heavy atom. The molecule has 0 fully saturated rings. The summed E-state index contributed by atoms with van der Waals surface area (Å²) in [5.74, 6) is 0.578. The number of hydrogen-bond acceptors (Lipinski definition) is 3. The maximum atomic E-state index is 13.5. The van der Waals surface area contributed by atoms with E-state index in [2.05, 4.69) is 15.6 Å². The number of benzene rings is 1. The van der Waals surface area contributed by atoms with E-state index in [4.69, 9.17) is 9.47 Å². The second-order valence-corrected chi connectivity index (χ2v) is 4.50. The molecule has 2 N–H and O–H groups in total. The van der Waals surface area contributed by atoms with Crippen LogP contribution in [0.5, 0.6) is 5.75 Å². The molecule has 1 rings (SSSR count). The molecule has 0 bridgehead atoms. The van der Waals surface area contributed by atoms with Crippen LogP contribution in [0, 0.1) is 5.82 Å². The fraction of sp³-hybridized carbons (Fsp3) is 0.533. The molecule has 1 aromatic carbocycles. The van der Waals surface area contributed by atoms with Crippen molar-refractivity contribution in [3.63, 3.8) is 0 Å². The largest absolute Gasteiger partial charge is 0.486 e. The Bertz CT molecular complexity index is 441. The minimum absolute atomic E-state index is 0.222. The summed E-state index contributed by atoms with van der Waals surface area (Å²) in [4.78, 5) is 4.40. The summed E-state index contributed by atoms with van der Waals surface area (Å²) in [6.07, 6.45) is -0.222. The van der Waals surface area contributed by atoms with Crippen molar-refractivity contribution >= 4 is 5.96 Å². The van der Waals surface area contributed by atoms with Crippen LogP contribution in [0.4, 0.5) is 4.39 Å². The lowest BCUT2D eigenvalue weighted by atomic mass is 10.3. The van der Waals surface area contributed by atoms with Crippen molar-refractivity contribution in [1.82, 2.24) is 10.6 Å². The van der Waals surface area contributed by atoms with Crippen LogP contribution in [-0.4, -0.2) is 45.4 Å². The number of nitrogens with zero attached hydrogens (tertiary/aromatic N) is 1. The highest BCUT2D eigenvalue weighted by atomic mass is 19.1. The van der Waals surface area contributed by atoms with Gasteiger partial charge in [-0.25, -0.2) is 9.38 Å². The Balaban J connectivity index is 2.48. The molecule has 0 aliphatic carbocycles. The first-order chi connectivity index (χ1) is 10.2. The fourth-order valence-electron chi connectivity index (χ4n) is 1.63. The molecule has 0 heterocycles. The van der Waals surface area contributed by atoms with E-state index in [1.165, 1.54) is 6.07 Å². The van der Waals surface area contributed by atoms with E-state index in [1.54, 1.807) is 25.3 Å². The summed E-state index contributed by atoms with van der Waals surface area (Å²) < 4.78 is 24.0. The molecule has 6 heteroatoms. The van der Waals surface area contributed by atoms with Gasteiger partial charge in [0.1, 0.15) is 6.10 Å². The van der Waals surface area contributed by atoms with E-state index < -0.39 is 0 Å². The molecule has 1 unspecified atom stereocenters. The zero-order valence-corrected chi connectivity index (χ0v) is 12.9. The molecule has 0 radical (unpaired) electrons. The number of halogens is 1. The topological polar surface area (TPSA) is 54.9 Å². The van der Waals surface area contributed by atoms with Crippen molar-refractivity contribution < 1.29 is 13.9 Å². The van der Waals surface area contributed by atoms with Crippen molar-refractivity contribution in [3.05, 3.63) is 30.1 Å². The third-order valence-corrected chi connectivity index (χ3v) is 2.61. The number of aliphatic imine (C=N–C) groups is 1. The number of ether oxygens (including phenoxy) is 2. The maximum Gasteiger partial charge on any atom is 0.191 e. The van der Waals surface area contributed by atoms with Crippen LogP contribution in [0.3, 0.4) is 0 Å². The summed E-state index contributed by atoms with van der Waals surface area (Å²) in [7, 11) is 1.65. The van der Waals surface area contributed by atoms with Gasteiger partial charge in [0.05, 0.1) is 13.2 Å². The SMILES string of the molecule is CCNC(=NCC(C)Oc1ccccc1F)NCCOC. The molecule has 0 spiro atoms. The van der Waals surface area contributed by atoms with Crippen LogP contribution in [0.2, 0.25) is 0 Å². The predicted molar refractivity (Wildman–Crippen MR) is 82.3 cm³/mol. The molecule has 0 aromatic heterocycles. The van der Waals surface area contributed by atoms with E-state index in [0.29, 0.717) is 25.7 Å². The molecule has 1 atom stereocenters. The van der Waals surface area contributed by atoms with E-state index in [1.807, 2.05) is 13.8 Å². The molecule has 0 aliphatic heterocycles. The summed E-state index contributed by atoms with van der Waals surface area (Å²) >= 11 is 0. The normalized spacial score (nSPS) is 12.9. The number of nitrogens with one attached hydrogen (secondary N) is 2. The van der Waals surface area contributed by atoms with Crippen LogP contribution < -0.4 is 15.4 Å². The molecule has 0 amide bonds. The van der Waals surface area contributed by atoms with Gasteiger partial charge in [0, 0.05) is 20.2 Å². The smallest absolute Gasteiger partial charge is 0.191 e. The van der Waals surface area contributed by atoms with E-state index in [0.717, 1.165) is 6.54 Å². The van der Waals surface area contributed by atoms with Crippen molar-refractivity contribution in [1.29, 1.82) is 0 Å². The van der Waals surface area contributed by atoms with Crippen molar-refractivity contribution in [2.45, 2.75) is 20.0 Å². The lowest BCUT2D eigenvalue weighted by Gasteiger charge is -2.15. The van der Waals surface area contributed by atoms with Crippen molar-refractivity contribution in [3.8, 4) is 5.75 Å². The summed E-state index contributed by atoms with van der Waals surface area (Å²) in [6, 6.07) is 6.36. The minimum Gasteiger partial charge on any atom is -0.486 e. The van der Waals surface area contributed by atoms with Crippen molar-refractivity contribution in [2.75, 3.05) is 33.4 Å². The highest BCUT2D eigenvalue weighted by Crippen LogP contribution is 2.16. The van der Waals surface area contributed by atoms with Gasteiger partial charge in [0.15, 0.2) is 17.5 Å². The van der Waals surface area contributed by atoms with Gasteiger partial charge in [-0.2, -0.15) is 0 Å². The van der Waals surface area contributed by atoms with Crippen LogP contribution in [0.1, 0.15) is 13.8 Å². The van der Waals surface area contributed by atoms with Gasteiger partial charge in [-0.3, -0.25) is 0 Å². The molecular weight excluding hydrogens is 273 g/mol. The fourth-order valence-corrected chi connectivity index (χ4v) is 1.63. The number of guanidine groups is 1. The highest BCUT2D eigenvalue weighted by Gasteiger charge is 2.07. The summed E-state index contributed by atoms with van der Waals surface area (Å²) in [5.41, 5.74) is 0. The average Bonchev–Trinajstić information content (AvgIpc) is 2.47. The third kappa shape index (κ3) is 6.94. The Hall–Kier alpha value is -1.82. The second kappa shape index (κ2) is 9.99. The molecule has 21 heavy (non-hydrogen) atoms. The predicted octanol–water partition coefficient (Wildman–Crippen LogP) is 1.79. The van der Waals surface area contributed by atoms with Gasteiger partial charge >= 0.3 is 0 Å². The zero-order chi connectivity index (χ0) is 15.5. The number of hydrogen-bond donors (Lipinski definition) is 2. The minimum atomic E-state index is -0.363. The number of methoxy groups -OCH3 is 1. The van der Waals surface area contributed by atoms with E-state index in [9.17, 15) is 4.39 Å². The highest BCUT2D eigenvalue weighted by molar-refractivity contribution is 5.79. The van der Waals surface area contributed by atoms with Crippen LogP contribution in [0.15, 0.2) is 29.3 Å². The van der Waals surface area contributed by atoms with E-state index >= 15 is 0 Å². The summed E-state index contributed by atoms with van der Waals surface area (Å²) in [5, 5.41) is 6.26. The molecular formula is C15H24FN3O2. The average molecular weight is 297 g/mol. The molecule has 1 aromatic rings. The third-order valence-electron chi connectivity index (χ3n) is 2.61. The van der Waals surface area contributed by atoms with Crippen LogP contribution in [0.25, 0.3) is 0 Å². The molecule has 0 saturated heterocycles. The summed E-state index contributed by atoms with van der Waals surface area (Å²) in [6.45, 7) is 6.32. The first kappa shape index (κ1) is 17.2. The van der Waals surface area contributed by atoms with Crippen LogP contribution in [-0.2, 0) is 4.74 Å². The molecule has 0 aliphatic rings. The van der Waals surface area contributed by atoms with E-state index in [-0.39, 0.29) is 17.7 Å². The first-order valence-electron chi connectivity index (χ1n) is 7.09. The first-order valence-corrected chi connectivity index (χ1v) is 7.09. The molecule has 0 saturated carbocycles. The van der Waals surface area contributed by atoms with Gasteiger partial charge in [-0.05, 0) is 26.0 Å². The quantitative estimate of drug-likeness (QED) is 0.436. The van der Waals surface area contributed by atoms with Crippen LogP contribution >= 0.6 is 0 Å². The number of para-hydroxylation sites is 1. The zero-order valence-electron chi connectivity index (χ0n) is 12.9. The standard InChI is InChI=1S/C15H24FN3O2/c1-4-17-15(18-9-10-20-3)19-11-12(2)21-14-8-6-5-7-13(14)16/h5-8,12H,4,9-11H2,1-3H3,(H2,17,18,19). The Kier molecular flexibility index (Phi) is 8.19. The lowest BCUT2D eigenvalue weighted by molar-refractivity contribution is 0.203. The molecule has 118 valence electrons. The Morgan fingerprint density at radius 1 is 1.33 bits per heavy atom. The van der Waals surface area contributed by atoms with Gasteiger partial charge in [-0.15, -0.1) is 0 Å². The van der Waals surface area contributed by atoms with Gasteiger partial charge < -0.3 is 20.1 Å². The second-order valence-electron chi connectivity index (χ2n) is 4.50. The maximum absolute atomic E-state index is 13.5. The van der Waals surface area contributed by atoms with Gasteiger partial charge in [-0.1, -0.05) is 12.1 Å². The van der Waals surface area contributed by atoms with Crippen molar-refractivity contribution in [2.24, 2.45) is 4.99 Å². The Morgan fingerprint density at radius 2 is 2.10 bits per heavy atom. The molecule has 5 nitrogen and oxygen atoms in total.